The van der Waals surface area contributed by atoms with Crippen molar-refractivity contribution >= 4 is 29.3 Å². The van der Waals surface area contributed by atoms with E-state index in [9.17, 15) is 9.90 Å². The van der Waals surface area contributed by atoms with Crippen molar-refractivity contribution in [2.45, 2.75) is 43.1 Å². The average Bonchev–Trinajstić information content (AvgIpc) is 2.45. The fourth-order valence-corrected chi connectivity index (χ4v) is 4.75. The van der Waals surface area contributed by atoms with Crippen molar-refractivity contribution in [1.29, 1.82) is 0 Å². The van der Waals surface area contributed by atoms with E-state index in [1.54, 1.807) is 0 Å². The summed E-state index contributed by atoms with van der Waals surface area (Å²) in [5.41, 5.74) is -0.194. The lowest BCUT2D eigenvalue weighted by atomic mass is 9.63. The van der Waals surface area contributed by atoms with Gasteiger partial charge in [0.05, 0.1) is 11.0 Å². The lowest BCUT2D eigenvalue weighted by Crippen LogP contribution is -2.53. The van der Waals surface area contributed by atoms with Gasteiger partial charge in [-0.05, 0) is 54.9 Å². The van der Waals surface area contributed by atoms with Crippen molar-refractivity contribution < 1.29 is 9.90 Å². The summed E-state index contributed by atoms with van der Waals surface area (Å²) in [4.78, 5) is 12.8. The van der Waals surface area contributed by atoms with Gasteiger partial charge in [-0.15, -0.1) is 0 Å². The number of aliphatic hydroxyl groups is 1. The van der Waals surface area contributed by atoms with Crippen LogP contribution in [0.4, 0.5) is 0 Å². The third-order valence-electron chi connectivity index (χ3n) is 5.02. The molecule has 120 valence electrons. The molecular formula is C17H22ClNO2S. The van der Waals surface area contributed by atoms with Crippen LogP contribution in [0.15, 0.2) is 24.3 Å². The second-order valence-electron chi connectivity index (χ2n) is 6.47. The highest BCUT2D eigenvalue weighted by Gasteiger charge is 2.46. The summed E-state index contributed by atoms with van der Waals surface area (Å²) in [5.74, 6) is 1.96. The van der Waals surface area contributed by atoms with Gasteiger partial charge in [-0.25, -0.2) is 0 Å². The summed E-state index contributed by atoms with van der Waals surface area (Å²) < 4.78 is 0. The zero-order valence-corrected chi connectivity index (χ0v) is 14.2. The first kappa shape index (κ1) is 16.2. The topological polar surface area (TPSA) is 49.3 Å². The third-order valence-corrected chi connectivity index (χ3v) is 6.24. The van der Waals surface area contributed by atoms with Crippen molar-refractivity contribution in [1.82, 2.24) is 5.32 Å². The lowest BCUT2D eigenvalue weighted by molar-refractivity contribution is -0.131. The average molecular weight is 340 g/mol. The molecule has 0 bridgehead atoms. The van der Waals surface area contributed by atoms with E-state index in [2.05, 4.69) is 5.32 Å². The Kier molecular flexibility index (Phi) is 4.72. The van der Waals surface area contributed by atoms with Crippen molar-refractivity contribution in [3.05, 3.63) is 34.9 Å². The van der Waals surface area contributed by atoms with E-state index in [1.165, 1.54) is 0 Å². The number of hydrogen-bond acceptors (Lipinski definition) is 3. The van der Waals surface area contributed by atoms with Gasteiger partial charge in [-0.1, -0.05) is 30.2 Å². The highest BCUT2D eigenvalue weighted by atomic mass is 35.5. The molecule has 1 aliphatic heterocycles. The summed E-state index contributed by atoms with van der Waals surface area (Å²) in [5, 5.41) is 14.2. The Morgan fingerprint density at radius 3 is 2.59 bits per heavy atom. The largest absolute Gasteiger partial charge is 0.388 e. The lowest BCUT2D eigenvalue weighted by Gasteiger charge is -2.42. The molecule has 0 atom stereocenters. The molecule has 1 heterocycles. The molecule has 1 aromatic carbocycles. The molecule has 0 unspecified atom stereocenters. The number of thioether (sulfide) groups is 1. The fourth-order valence-electron chi connectivity index (χ4n) is 3.31. The molecule has 5 heteroatoms. The van der Waals surface area contributed by atoms with Gasteiger partial charge < -0.3 is 10.4 Å². The first-order valence-electron chi connectivity index (χ1n) is 7.89. The maximum absolute atomic E-state index is 12.8. The molecule has 22 heavy (non-hydrogen) atoms. The van der Waals surface area contributed by atoms with Gasteiger partial charge >= 0.3 is 0 Å². The van der Waals surface area contributed by atoms with Crippen LogP contribution in [0.1, 0.15) is 37.7 Å². The molecule has 0 radical (unpaired) electrons. The summed E-state index contributed by atoms with van der Waals surface area (Å²) in [6.45, 7) is 0.356. The number of nitrogens with one attached hydrogen (secondary N) is 1. The van der Waals surface area contributed by atoms with Crippen LogP contribution in [0.25, 0.3) is 0 Å². The molecule has 3 rings (SSSR count). The quantitative estimate of drug-likeness (QED) is 0.886. The SMILES string of the molecule is O=C(NCC1(O)CCSCC1)C1(c2cccc(Cl)c2)CCC1. The Labute approximate surface area is 140 Å². The predicted molar refractivity (Wildman–Crippen MR) is 91.5 cm³/mol. The zero-order valence-electron chi connectivity index (χ0n) is 12.6. The number of carbonyl (C=O) groups excluding carboxylic acids is 1. The standard InChI is InChI=1S/C17H22ClNO2S/c18-14-4-1-3-13(11-14)17(5-2-6-17)15(20)19-12-16(21)7-9-22-10-8-16/h1,3-4,11,21H,2,5-10,12H2,(H,19,20). The molecule has 1 saturated heterocycles. The van der Waals surface area contributed by atoms with Crippen molar-refractivity contribution in [3.63, 3.8) is 0 Å². The molecule has 2 N–H and O–H groups in total. The summed E-state index contributed by atoms with van der Waals surface area (Å²) in [6.07, 6.45) is 4.27. The maximum atomic E-state index is 12.8. The molecular weight excluding hydrogens is 318 g/mol. The van der Waals surface area contributed by atoms with Crippen LogP contribution in [0.3, 0.4) is 0 Å². The first-order chi connectivity index (χ1) is 10.5. The molecule has 1 aromatic rings. The highest BCUT2D eigenvalue weighted by Crippen LogP contribution is 2.44. The van der Waals surface area contributed by atoms with Crippen molar-refractivity contribution in [2.75, 3.05) is 18.1 Å². The fraction of sp³-hybridized carbons (Fsp3) is 0.588. The summed E-state index contributed by atoms with van der Waals surface area (Å²) >= 11 is 7.95. The Bertz CT molecular complexity index is 553. The van der Waals surface area contributed by atoms with E-state index < -0.39 is 11.0 Å². The molecule has 0 spiro atoms. The summed E-state index contributed by atoms with van der Waals surface area (Å²) in [7, 11) is 0. The van der Waals surface area contributed by atoms with Crippen molar-refractivity contribution in [3.8, 4) is 0 Å². The van der Waals surface area contributed by atoms with Gasteiger partial charge in [0.1, 0.15) is 0 Å². The second-order valence-corrected chi connectivity index (χ2v) is 8.13. The number of hydrogen-bond donors (Lipinski definition) is 2. The monoisotopic (exact) mass is 339 g/mol. The van der Waals surface area contributed by atoms with Gasteiger partial charge in [-0.3, -0.25) is 4.79 Å². The normalized spacial score (nSPS) is 22.6. The molecule has 1 saturated carbocycles. The van der Waals surface area contributed by atoms with Gasteiger partial charge in [-0.2, -0.15) is 11.8 Å². The third kappa shape index (κ3) is 3.15. The zero-order chi connectivity index (χ0) is 15.6. The van der Waals surface area contributed by atoms with E-state index in [-0.39, 0.29) is 5.91 Å². The Hall–Kier alpha value is -0.710. The number of benzene rings is 1. The summed E-state index contributed by atoms with van der Waals surface area (Å²) in [6, 6.07) is 7.61. The van der Waals surface area contributed by atoms with Crippen molar-refractivity contribution in [2.24, 2.45) is 0 Å². The first-order valence-corrected chi connectivity index (χ1v) is 9.42. The molecule has 1 aliphatic carbocycles. The van der Waals surface area contributed by atoms with E-state index in [0.29, 0.717) is 11.6 Å². The predicted octanol–water partition coefficient (Wildman–Crippen LogP) is 3.14. The van der Waals surface area contributed by atoms with E-state index >= 15 is 0 Å². The Morgan fingerprint density at radius 2 is 2.00 bits per heavy atom. The van der Waals surface area contributed by atoms with Crippen LogP contribution in [0.2, 0.25) is 5.02 Å². The Balaban J connectivity index is 1.69. The van der Waals surface area contributed by atoms with Crippen LogP contribution in [-0.4, -0.2) is 34.7 Å². The van der Waals surface area contributed by atoms with E-state index in [0.717, 1.165) is 49.2 Å². The minimum absolute atomic E-state index is 0.0349. The number of carbonyl (C=O) groups is 1. The second kappa shape index (κ2) is 6.42. The van der Waals surface area contributed by atoms with Gasteiger partial charge in [0, 0.05) is 11.6 Å². The molecule has 2 fully saturated rings. The number of rotatable bonds is 4. The highest BCUT2D eigenvalue weighted by molar-refractivity contribution is 7.99. The van der Waals surface area contributed by atoms with Crippen LogP contribution < -0.4 is 5.32 Å². The minimum atomic E-state index is -0.736. The van der Waals surface area contributed by atoms with Crippen LogP contribution in [-0.2, 0) is 10.2 Å². The molecule has 0 aromatic heterocycles. The molecule has 3 nitrogen and oxygen atoms in total. The van der Waals surface area contributed by atoms with Crippen LogP contribution in [0, 0.1) is 0 Å². The van der Waals surface area contributed by atoms with Crippen LogP contribution in [0.5, 0.6) is 0 Å². The number of halogens is 1. The smallest absolute Gasteiger partial charge is 0.230 e. The van der Waals surface area contributed by atoms with Gasteiger partial charge in [0.15, 0.2) is 0 Å². The Morgan fingerprint density at radius 1 is 1.27 bits per heavy atom. The van der Waals surface area contributed by atoms with Gasteiger partial charge in [0.25, 0.3) is 0 Å². The minimum Gasteiger partial charge on any atom is -0.388 e. The maximum Gasteiger partial charge on any atom is 0.230 e. The number of amides is 1. The molecule has 1 amide bonds. The molecule has 2 aliphatic rings. The van der Waals surface area contributed by atoms with E-state index in [4.69, 9.17) is 11.6 Å². The van der Waals surface area contributed by atoms with Crippen LogP contribution >= 0.6 is 23.4 Å². The van der Waals surface area contributed by atoms with E-state index in [1.807, 2.05) is 36.0 Å². The van der Waals surface area contributed by atoms with Gasteiger partial charge in [0.2, 0.25) is 5.91 Å².